The molecule has 4 aromatic rings. The lowest BCUT2D eigenvalue weighted by Crippen LogP contribution is -2.02. The summed E-state index contributed by atoms with van der Waals surface area (Å²) in [5.41, 5.74) is 6.20. The van der Waals surface area contributed by atoms with Gasteiger partial charge < -0.3 is 0 Å². The van der Waals surface area contributed by atoms with Gasteiger partial charge in [0.25, 0.3) is 0 Å². The van der Waals surface area contributed by atoms with Gasteiger partial charge in [-0.15, -0.1) is 11.3 Å². The van der Waals surface area contributed by atoms with Crippen LogP contribution in [0.1, 0.15) is 45.1 Å². The predicted octanol–water partition coefficient (Wildman–Crippen LogP) is 3.78. The highest BCUT2D eigenvalue weighted by atomic mass is 32.1. The molecule has 1 saturated carbocycles. The summed E-state index contributed by atoms with van der Waals surface area (Å²) in [6.07, 6.45) is 5.04. The average molecular weight is 364 g/mol. The number of aromatic nitrogens is 6. The predicted molar refractivity (Wildman–Crippen MR) is 102 cm³/mol. The number of thiazole rings is 1. The van der Waals surface area contributed by atoms with Crippen LogP contribution in [0, 0.1) is 20.8 Å². The van der Waals surface area contributed by atoms with E-state index in [1.807, 2.05) is 35.6 Å². The Morgan fingerprint density at radius 2 is 1.88 bits per heavy atom. The topological polar surface area (TPSA) is 60.9 Å². The number of fused-ring (bicyclic) bond motifs is 1. The smallest absolute Gasteiger partial charge is 0.156 e. The molecule has 0 spiro atoms. The zero-order chi connectivity index (χ0) is 18.0. The van der Waals surface area contributed by atoms with Gasteiger partial charge in [0.1, 0.15) is 5.69 Å². The van der Waals surface area contributed by atoms with Gasteiger partial charge in [0.2, 0.25) is 0 Å². The Balaban J connectivity index is 1.51. The quantitative estimate of drug-likeness (QED) is 0.555. The standard InChI is InChI=1S/C19H20N6S/c1-10-5-16(23-25-11(2)8-21-19(10)25)17-7-15(22-24(17)4)13-6-14(13)18-9-20-12(3)26-18/h5,7-9,13-14H,6H2,1-4H3. The van der Waals surface area contributed by atoms with Crippen LogP contribution < -0.4 is 0 Å². The van der Waals surface area contributed by atoms with E-state index in [4.69, 9.17) is 10.2 Å². The summed E-state index contributed by atoms with van der Waals surface area (Å²) in [6, 6.07) is 4.29. The summed E-state index contributed by atoms with van der Waals surface area (Å²) in [5.74, 6) is 1.06. The van der Waals surface area contributed by atoms with Crippen LogP contribution in [0.3, 0.4) is 0 Å². The van der Waals surface area contributed by atoms with Crippen molar-refractivity contribution in [1.82, 2.24) is 29.4 Å². The van der Waals surface area contributed by atoms with Crippen LogP contribution in [0.4, 0.5) is 0 Å². The first kappa shape index (κ1) is 15.7. The Hall–Kier alpha value is -2.54. The van der Waals surface area contributed by atoms with Crippen molar-refractivity contribution < 1.29 is 0 Å². The highest BCUT2D eigenvalue weighted by Gasteiger charge is 2.42. The van der Waals surface area contributed by atoms with Gasteiger partial charge >= 0.3 is 0 Å². The maximum absolute atomic E-state index is 4.79. The van der Waals surface area contributed by atoms with Crippen molar-refractivity contribution in [2.45, 2.75) is 39.0 Å². The Morgan fingerprint density at radius 1 is 1.04 bits per heavy atom. The van der Waals surface area contributed by atoms with E-state index in [1.165, 1.54) is 4.88 Å². The third-order valence-electron chi connectivity index (χ3n) is 5.16. The summed E-state index contributed by atoms with van der Waals surface area (Å²) < 4.78 is 3.86. The van der Waals surface area contributed by atoms with Crippen LogP contribution in [0.25, 0.3) is 17.0 Å². The molecule has 0 saturated heterocycles. The summed E-state index contributed by atoms with van der Waals surface area (Å²) in [6.45, 7) is 6.16. The van der Waals surface area contributed by atoms with E-state index in [0.29, 0.717) is 11.8 Å². The molecule has 2 atom stereocenters. The van der Waals surface area contributed by atoms with E-state index < -0.39 is 0 Å². The highest BCUT2D eigenvalue weighted by molar-refractivity contribution is 7.11. The lowest BCUT2D eigenvalue weighted by atomic mass is 10.2. The van der Waals surface area contributed by atoms with Gasteiger partial charge in [0, 0.05) is 30.0 Å². The van der Waals surface area contributed by atoms with Crippen LogP contribution in [0.2, 0.25) is 0 Å². The zero-order valence-corrected chi connectivity index (χ0v) is 16.1. The van der Waals surface area contributed by atoms with Crippen LogP contribution >= 0.6 is 11.3 Å². The summed E-state index contributed by atoms with van der Waals surface area (Å²) in [4.78, 5) is 10.2. The van der Waals surface area contributed by atoms with Crippen molar-refractivity contribution in [2.24, 2.45) is 7.05 Å². The van der Waals surface area contributed by atoms with Gasteiger partial charge in [-0.05, 0) is 44.9 Å². The SMILES string of the molecule is Cc1ncc(C2CC2c2cc(-c3cc(C)c4ncc(C)n4n3)n(C)n2)s1. The molecule has 1 aliphatic rings. The lowest BCUT2D eigenvalue weighted by molar-refractivity contribution is 0.742. The van der Waals surface area contributed by atoms with Gasteiger partial charge in [0.15, 0.2) is 5.65 Å². The fourth-order valence-electron chi connectivity index (χ4n) is 3.65. The molecule has 6 nitrogen and oxygen atoms in total. The van der Waals surface area contributed by atoms with Crippen LogP contribution in [0.5, 0.6) is 0 Å². The first-order chi connectivity index (χ1) is 12.5. The van der Waals surface area contributed by atoms with Crippen molar-refractivity contribution in [3.8, 4) is 11.4 Å². The third kappa shape index (κ3) is 2.38. The fourth-order valence-corrected chi connectivity index (χ4v) is 4.62. The van der Waals surface area contributed by atoms with Crippen molar-refractivity contribution in [2.75, 3.05) is 0 Å². The van der Waals surface area contributed by atoms with Gasteiger partial charge in [-0.1, -0.05) is 0 Å². The van der Waals surface area contributed by atoms with E-state index in [1.54, 1.807) is 11.3 Å². The van der Waals surface area contributed by atoms with Crippen molar-refractivity contribution in [1.29, 1.82) is 0 Å². The lowest BCUT2D eigenvalue weighted by Gasteiger charge is -2.05. The summed E-state index contributed by atoms with van der Waals surface area (Å²) >= 11 is 1.80. The molecule has 132 valence electrons. The molecule has 2 unspecified atom stereocenters. The second-order valence-corrected chi connectivity index (χ2v) is 8.42. The minimum atomic E-state index is 0.495. The van der Waals surface area contributed by atoms with Gasteiger partial charge in [-0.3, -0.25) is 4.68 Å². The number of hydrogen-bond acceptors (Lipinski definition) is 5. The van der Waals surface area contributed by atoms with E-state index >= 15 is 0 Å². The number of hydrogen-bond donors (Lipinski definition) is 0. The van der Waals surface area contributed by atoms with E-state index in [2.05, 4.69) is 35.9 Å². The number of rotatable bonds is 3. The van der Waals surface area contributed by atoms with E-state index in [0.717, 1.165) is 45.4 Å². The maximum Gasteiger partial charge on any atom is 0.156 e. The molecule has 0 aliphatic heterocycles. The molecule has 0 amide bonds. The minimum Gasteiger partial charge on any atom is -0.266 e. The van der Waals surface area contributed by atoms with Crippen molar-refractivity contribution in [3.05, 3.63) is 51.4 Å². The Kier molecular flexibility index (Phi) is 3.31. The minimum absolute atomic E-state index is 0.495. The number of nitrogens with zero attached hydrogens (tertiary/aromatic N) is 6. The van der Waals surface area contributed by atoms with Crippen LogP contribution in [-0.4, -0.2) is 29.4 Å². The first-order valence-electron chi connectivity index (χ1n) is 8.80. The zero-order valence-electron chi connectivity index (χ0n) is 15.3. The monoisotopic (exact) mass is 364 g/mol. The molecule has 5 rings (SSSR count). The number of aryl methyl sites for hydroxylation is 4. The van der Waals surface area contributed by atoms with E-state index in [-0.39, 0.29) is 0 Å². The molecule has 7 heteroatoms. The highest BCUT2D eigenvalue weighted by Crippen LogP contribution is 2.55. The maximum atomic E-state index is 4.79. The van der Waals surface area contributed by atoms with Gasteiger partial charge in [-0.25, -0.2) is 14.5 Å². The average Bonchev–Trinajstić information content (AvgIpc) is 2.91. The molecule has 4 heterocycles. The molecular formula is C19H20N6S. The van der Waals surface area contributed by atoms with Gasteiger partial charge in [0.05, 0.1) is 28.3 Å². The summed E-state index contributed by atoms with van der Waals surface area (Å²) in [7, 11) is 2.00. The summed E-state index contributed by atoms with van der Waals surface area (Å²) in [5, 5.41) is 10.7. The Labute approximate surface area is 155 Å². The Morgan fingerprint density at radius 3 is 2.65 bits per heavy atom. The van der Waals surface area contributed by atoms with Crippen LogP contribution in [-0.2, 0) is 7.05 Å². The second kappa shape index (κ2) is 5.48. The molecular weight excluding hydrogens is 344 g/mol. The largest absolute Gasteiger partial charge is 0.266 e. The molecule has 26 heavy (non-hydrogen) atoms. The molecule has 0 aromatic carbocycles. The molecule has 0 N–H and O–H groups in total. The van der Waals surface area contributed by atoms with E-state index in [9.17, 15) is 0 Å². The molecule has 1 aliphatic carbocycles. The van der Waals surface area contributed by atoms with Crippen molar-refractivity contribution >= 4 is 17.0 Å². The molecule has 0 bridgehead atoms. The molecule has 0 radical (unpaired) electrons. The first-order valence-corrected chi connectivity index (χ1v) is 9.61. The number of imidazole rings is 1. The fraction of sp³-hybridized carbons (Fsp3) is 0.368. The normalized spacial score (nSPS) is 19.4. The second-order valence-electron chi connectivity index (χ2n) is 7.16. The third-order valence-corrected chi connectivity index (χ3v) is 6.20. The molecule has 4 aromatic heterocycles. The Bertz CT molecular complexity index is 1130. The van der Waals surface area contributed by atoms with Crippen molar-refractivity contribution in [3.63, 3.8) is 0 Å². The molecule has 1 fully saturated rings. The van der Waals surface area contributed by atoms with Gasteiger partial charge in [-0.2, -0.15) is 10.2 Å². The van der Waals surface area contributed by atoms with Crippen LogP contribution in [0.15, 0.2) is 24.5 Å².